The molecule has 1 aliphatic carbocycles. The summed E-state index contributed by atoms with van der Waals surface area (Å²) in [5, 5.41) is 4.37. The average molecular weight is 244 g/mol. The first kappa shape index (κ1) is 11.2. The van der Waals surface area contributed by atoms with E-state index in [9.17, 15) is 4.79 Å². The molecule has 5 heteroatoms. The smallest absolute Gasteiger partial charge is 0.251 e. The number of aromatic nitrogens is 4. The van der Waals surface area contributed by atoms with Gasteiger partial charge < -0.3 is 4.98 Å². The second-order valence-corrected chi connectivity index (χ2v) is 4.96. The Labute approximate surface area is 105 Å². The molecular weight excluding hydrogens is 228 g/mol. The van der Waals surface area contributed by atoms with E-state index < -0.39 is 0 Å². The molecule has 94 valence electrons. The highest BCUT2D eigenvalue weighted by molar-refractivity contribution is 5.64. The monoisotopic (exact) mass is 244 g/mol. The molecular formula is C13H16N4O. The van der Waals surface area contributed by atoms with Crippen LogP contribution in [0.5, 0.6) is 0 Å². The molecule has 0 unspecified atom stereocenters. The third-order valence-electron chi connectivity index (χ3n) is 3.49. The van der Waals surface area contributed by atoms with Crippen molar-refractivity contribution in [1.82, 2.24) is 19.7 Å². The summed E-state index contributed by atoms with van der Waals surface area (Å²) in [7, 11) is 1.90. The minimum Gasteiger partial charge on any atom is -0.310 e. The van der Waals surface area contributed by atoms with E-state index in [2.05, 4.69) is 15.1 Å². The zero-order chi connectivity index (χ0) is 12.9. The fourth-order valence-electron chi connectivity index (χ4n) is 2.30. The number of hydrogen-bond donors (Lipinski definition) is 1. The molecule has 0 saturated heterocycles. The first-order chi connectivity index (χ1) is 8.56. The summed E-state index contributed by atoms with van der Waals surface area (Å²) in [6, 6.07) is 1.56. The van der Waals surface area contributed by atoms with Crippen LogP contribution in [0, 0.1) is 13.8 Å². The molecule has 2 aromatic heterocycles. The molecule has 2 aromatic rings. The lowest BCUT2D eigenvalue weighted by molar-refractivity contribution is 0.731. The minimum absolute atomic E-state index is 0.0791. The van der Waals surface area contributed by atoms with Gasteiger partial charge in [0.15, 0.2) is 0 Å². The molecule has 0 spiro atoms. The zero-order valence-electron chi connectivity index (χ0n) is 10.8. The van der Waals surface area contributed by atoms with Crippen LogP contribution in [-0.2, 0) is 7.05 Å². The lowest BCUT2D eigenvalue weighted by Crippen LogP contribution is -2.10. The summed E-state index contributed by atoms with van der Waals surface area (Å²) in [6.07, 6.45) is 2.24. The van der Waals surface area contributed by atoms with Gasteiger partial charge in [-0.1, -0.05) is 0 Å². The Balaban J connectivity index is 2.19. The van der Waals surface area contributed by atoms with Gasteiger partial charge in [-0.2, -0.15) is 5.10 Å². The quantitative estimate of drug-likeness (QED) is 0.874. The van der Waals surface area contributed by atoms with Crippen LogP contribution >= 0.6 is 0 Å². The Hall–Kier alpha value is -1.91. The van der Waals surface area contributed by atoms with E-state index in [1.807, 2.05) is 25.6 Å². The lowest BCUT2D eigenvalue weighted by atomic mass is 10.1. The van der Waals surface area contributed by atoms with Gasteiger partial charge in [0.2, 0.25) is 0 Å². The molecule has 0 amide bonds. The molecule has 0 atom stereocenters. The molecule has 3 rings (SSSR count). The van der Waals surface area contributed by atoms with Crippen molar-refractivity contribution in [3.63, 3.8) is 0 Å². The molecule has 1 N–H and O–H groups in total. The van der Waals surface area contributed by atoms with Crippen molar-refractivity contribution in [3.8, 4) is 11.3 Å². The van der Waals surface area contributed by atoms with Crippen LogP contribution in [0.4, 0.5) is 0 Å². The minimum atomic E-state index is -0.0791. The molecule has 0 bridgehead atoms. The standard InChI is InChI=1S/C13H16N4O/c1-7-12(8(2)17(3)16-7)10-6-11(18)15-13(14-10)9-4-5-9/h6,9H,4-5H2,1-3H3,(H,14,15,18). The van der Waals surface area contributed by atoms with Gasteiger partial charge in [0.25, 0.3) is 5.56 Å². The van der Waals surface area contributed by atoms with Crippen LogP contribution in [-0.4, -0.2) is 19.7 Å². The molecule has 1 saturated carbocycles. The fourth-order valence-corrected chi connectivity index (χ4v) is 2.30. The van der Waals surface area contributed by atoms with E-state index in [0.29, 0.717) is 5.92 Å². The number of hydrogen-bond acceptors (Lipinski definition) is 3. The van der Waals surface area contributed by atoms with Crippen molar-refractivity contribution in [2.75, 3.05) is 0 Å². The van der Waals surface area contributed by atoms with E-state index in [1.54, 1.807) is 6.07 Å². The second kappa shape index (κ2) is 3.80. The van der Waals surface area contributed by atoms with Gasteiger partial charge in [-0.25, -0.2) is 4.98 Å². The first-order valence-corrected chi connectivity index (χ1v) is 6.18. The number of rotatable bonds is 2. The number of aryl methyl sites for hydroxylation is 2. The Morgan fingerprint density at radius 3 is 2.67 bits per heavy atom. The van der Waals surface area contributed by atoms with Crippen LogP contribution in [0.15, 0.2) is 10.9 Å². The largest absolute Gasteiger partial charge is 0.310 e. The Morgan fingerprint density at radius 1 is 1.39 bits per heavy atom. The van der Waals surface area contributed by atoms with E-state index in [-0.39, 0.29) is 5.56 Å². The molecule has 0 radical (unpaired) electrons. The molecule has 18 heavy (non-hydrogen) atoms. The normalized spacial score (nSPS) is 15.1. The topological polar surface area (TPSA) is 63.6 Å². The van der Waals surface area contributed by atoms with Gasteiger partial charge in [0.1, 0.15) is 5.82 Å². The van der Waals surface area contributed by atoms with Crippen molar-refractivity contribution in [2.24, 2.45) is 7.05 Å². The van der Waals surface area contributed by atoms with Crippen molar-refractivity contribution < 1.29 is 0 Å². The number of nitrogens with zero attached hydrogens (tertiary/aromatic N) is 3. The maximum atomic E-state index is 11.7. The number of nitrogens with one attached hydrogen (secondary N) is 1. The molecule has 2 heterocycles. The molecule has 0 aromatic carbocycles. The maximum Gasteiger partial charge on any atom is 0.251 e. The van der Waals surface area contributed by atoms with Crippen LogP contribution in [0.2, 0.25) is 0 Å². The van der Waals surface area contributed by atoms with Gasteiger partial charge >= 0.3 is 0 Å². The molecule has 1 aliphatic rings. The predicted molar refractivity (Wildman–Crippen MR) is 68.5 cm³/mol. The molecule has 5 nitrogen and oxygen atoms in total. The van der Waals surface area contributed by atoms with E-state index in [0.717, 1.165) is 41.3 Å². The Morgan fingerprint density at radius 2 is 2.11 bits per heavy atom. The average Bonchev–Trinajstić information content (AvgIpc) is 3.08. The summed E-state index contributed by atoms with van der Waals surface area (Å²) >= 11 is 0. The van der Waals surface area contributed by atoms with Crippen LogP contribution < -0.4 is 5.56 Å². The van der Waals surface area contributed by atoms with Crippen molar-refractivity contribution in [1.29, 1.82) is 0 Å². The maximum absolute atomic E-state index is 11.7. The van der Waals surface area contributed by atoms with Gasteiger partial charge in [-0.3, -0.25) is 9.48 Å². The second-order valence-electron chi connectivity index (χ2n) is 4.96. The fraction of sp³-hybridized carbons (Fsp3) is 0.462. The van der Waals surface area contributed by atoms with Gasteiger partial charge in [0.05, 0.1) is 11.4 Å². The summed E-state index contributed by atoms with van der Waals surface area (Å²) in [4.78, 5) is 19.1. The zero-order valence-corrected chi connectivity index (χ0v) is 10.8. The number of H-pyrrole nitrogens is 1. The van der Waals surface area contributed by atoms with Crippen molar-refractivity contribution in [3.05, 3.63) is 33.6 Å². The van der Waals surface area contributed by atoms with Crippen molar-refractivity contribution >= 4 is 0 Å². The molecule has 0 aliphatic heterocycles. The molecule has 1 fully saturated rings. The summed E-state index contributed by atoms with van der Waals surface area (Å²) in [5.74, 6) is 1.26. The summed E-state index contributed by atoms with van der Waals surface area (Å²) < 4.78 is 1.82. The van der Waals surface area contributed by atoms with Gasteiger partial charge in [-0.05, 0) is 26.7 Å². The first-order valence-electron chi connectivity index (χ1n) is 6.18. The Kier molecular flexibility index (Phi) is 2.36. The highest BCUT2D eigenvalue weighted by Crippen LogP contribution is 2.38. The number of aromatic amines is 1. The van der Waals surface area contributed by atoms with E-state index in [4.69, 9.17) is 0 Å². The SMILES string of the molecule is Cc1nn(C)c(C)c1-c1cc(=O)[nH]c(C2CC2)n1. The Bertz CT molecular complexity index is 664. The predicted octanol–water partition coefficient (Wildman–Crippen LogP) is 1.66. The van der Waals surface area contributed by atoms with E-state index in [1.165, 1.54) is 0 Å². The van der Waals surface area contributed by atoms with E-state index >= 15 is 0 Å². The summed E-state index contributed by atoms with van der Waals surface area (Å²) in [5.41, 5.74) is 3.58. The van der Waals surface area contributed by atoms with Gasteiger partial charge in [0, 0.05) is 30.3 Å². The summed E-state index contributed by atoms with van der Waals surface area (Å²) in [6.45, 7) is 3.94. The van der Waals surface area contributed by atoms with Gasteiger partial charge in [-0.15, -0.1) is 0 Å². The van der Waals surface area contributed by atoms with Crippen LogP contribution in [0.3, 0.4) is 0 Å². The third kappa shape index (κ3) is 1.75. The third-order valence-corrected chi connectivity index (χ3v) is 3.49. The van der Waals surface area contributed by atoms with Crippen molar-refractivity contribution in [2.45, 2.75) is 32.6 Å². The van der Waals surface area contributed by atoms with Crippen LogP contribution in [0.25, 0.3) is 11.3 Å². The highest BCUT2D eigenvalue weighted by Gasteiger charge is 2.27. The highest BCUT2D eigenvalue weighted by atomic mass is 16.1. The lowest BCUT2D eigenvalue weighted by Gasteiger charge is -2.04. The van der Waals surface area contributed by atoms with Crippen LogP contribution in [0.1, 0.15) is 36.0 Å².